The number of aromatic nitrogens is 2. The number of nitrogens with zero attached hydrogens (tertiary/aromatic N) is 5. The van der Waals surface area contributed by atoms with Crippen LogP contribution in [0.15, 0.2) is 6.20 Å². The normalized spacial score (nSPS) is 11.8. The smallest absolute Gasteiger partial charge is 0.249 e. The number of carbonyl (C=O) groups excluding carboxylic acids is 2. The maximum atomic E-state index is 14.1. The highest BCUT2D eigenvalue weighted by molar-refractivity contribution is 5.92. The van der Waals surface area contributed by atoms with E-state index in [1.165, 1.54) is 6.20 Å². The lowest BCUT2D eigenvalue weighted by atomic mass is 10.00. The second-order valence-electron chi connectivity index (χ2n) is 5.99. The fourth-order valence-corrected chi connectivity index (χ4v) is 2.39. The molecule has 0 unspecified atom stereocenters. The van der Waals surface area contributed by atoms with Crippen molar-refractivity contribution < 1.29 is 19.2 Å². The van der Waals surface area contributed by atoms with Crippen LogP contribution in [0.5, 0.6) is 0 Å². The molecule has 2 amide bonds. The quantitative estimate of drug-likeness (QED) is 0.115. The summed E-state index contributed by atoms with van der Waals surface area (Å²) in [4.78, 5) is 32.5. The third kappa shape index (κ3) is 5.88. The van der Waals surface area contributed by atoms with Gasteiger partial charge in [0.1, 0.15) is 5.69 Å². The van der Waals surface area contributed by atoms with E-state index in [2.05, 4.69) is 9.97 Å². The van der Waals surface area contributed by atoms with Crippen molar-refractivity contribution >= 4 is 24.0 Å². The average Bonchev–Trinajstić information content (AvgIpc) is 2.65. The van der Waals surface area contributed by atoms with E-state index in [4.69, 9.17) is 5.84 Å². The topological polar surface area (TPSA) is 116 Å². The molecule has 0 aliphatic carbocycles. The van der Waals surface area contributed by atoms with Gasteiger partial charge in [-0.3, -0.25) is 14.8 Å². The summed E-state index contributed by atoms with van der Waals surface area (Å²) < 4.78 is 14.1. The van der Waals surface area contributed by atoms with E-state index in [0.717, 1.165) is 19.3 Å². The van der Waals surface area contributed by atoms with Gasteiger partial charge in [-0.25, -0.2) is 20.9 Å². The van der Waals surface area contributed by atoms with Crippen LogP contribution in [0.2, 0.25) is 0 Å². The van der Waals surface area contributed by atoms with Gasteiger partial charge < -0.3 is 4.90 Å². The number of anilines is 2. The molecule has 0 aliphatic heterocycles. The molecule has 1 rings (SSSR count). The van der Waals surface area contributed by atoms with Crippen LogP contribution in [-0.2, 0) is 9.59 Å². The fraction of sp³-hybridized carbons (Fsp3) is 0.625. The summed E-state index contributed by atoms with van der Waals surface area (Å²) in [5.41, 5.74) is 0.194. The molecule has 1 aromatic rings. The summed E-state index contributed by atoms with van der Waals surface area (Å²) in [5.74, 6) is 3.36. The number of hydroxylamine groups is 2. The first-order chi connectivity index (χ1) is 12.3. The zero-order chi connectivity index (χ0) is 19.7. The van der Waals surface area contributed by atoms with Crippen molar-refractivity contribution in [3.8, 4) is 0 Å². The highest BCUT2D eigenvalue weighted by Crippen LogP contribution is 2.19. The Morgan fingerprint density at radius 3 is 2.65 bits per heavy atom. The largest absolute Gasteiger partial charge is 0.370 e. The predicted molar refractivity (Wildman–Crippen MR) is 94.8 cm³/mol. The summed E-state index contributed by atoms with van der Waals surface area (Å²) in [6.45, 7) is 4.21. The monoisotopic (exact) mass is 370 g/mol. The molecule has 1 aromatic heterocycles. The third-order valence-corrected chi connectivity index (χ3v) is 4.08. The number of hydrogen-bond acceptors (Lipinski definition) is 7. The molecule has 1 heterocycles. The Kier molecular flexibility index (Phi) is 8.86. The van der Waals surface area contributed by atoms with E-state index in [-0.39, 0.29) is 24.6 Å². The minimum Gasteiger partial charge on any atom is -0.370 e. The van der Waals surface area contributed by atoms with Gasteiger partial charge in [0, 0.05) is 13.6 Å². The van der Waals surface area contributed by atoms with Crippen molar-refractivity contribution in [2.75, 3.05) is 30.0 Å². The Morgan fingerprint density at radius 1 is 1.42 bits per heavy atom. The molecule has 3 N–H and O–H groups in total. The average molecular weight is 370 g/mol. The first-order valence-corrected chi connectivity index (χ1v) is 8.58. The number of halogens is 1. The van der Waals surface area contributed by atoms with E-state index >= 15 is 0 Å². The number of hydrazine groups is 1. The molecular formula is C16H27FN6O3. The Labute approximate surface area is 152 Å². The molecule has 10 heteroatoms. The number of nitrogens with two attached hydrogens (primary N) is 1. The summed E-state index contributed by atoms with van der Waals surface area (Å²) in [6, 6.07) is 0. The summed E-state index contributed by atoms with van der Waals surface area (Å²) >= 11 is 0. The molecular weight excluding hydrogens is 343 g/mol. The first kappa shape index (κ1) is 21.7. The van der Waals surface area contributed by atoms with Crippen LogP contribution >= 0.6 is 0 Å². The maximum Gasteiger partial charge on any atom is 0.249 e. The van der Waals surface area contributed by atoms with Crippen molar-refractivity contribution in [2.24, 2.45) is 11.8 Å². The molecule has 0 spiro atoms. The summed E-state index contributed by atoms with van der Waals surface area (Å²) in [7, 11) is 1.69. The van der Waals surface area contributed by atoms with Gasteiger partial charge in [-0.2, -0.15) is 9.37 Å². The second-order valence-corrected chi connectivity index (χ2v) is 5.99. The Bertz CT molecular complexity index is 603. The van der Waals surface area contributed by atoms with Crippen LogP contribution < -0.4 is 15.8 Å². The van der Waals surface area contributed by atoms with Gasteiger partial charge in [0.05, 0.1) is 18.7 Å². The molecule has 0 saturated carbocycles. The molecule has 0 radical (unpaired) electrons. The van der Waals surface area contributed by atoms with Crippen LogP contribution in [0.25, 0.3) is 0 Å². The van der Waals surface area contributed by atoms with Crippen molar-refractivity contribution in [3.05, 3.63) is 12.1 Å². The molecule has 0 aliphatic rings. The van der Waals surface area contributed by atoms with Gasteiger partial charge in [0.2, 0.25) is 24.2 Å². The van der Waals surface area contributed by atoms with Crippen LogP contribution in [0, 0.1) is 11.9 Å². The first-order valence-electron chi connectivity index (χ1n) is 8.58. The Balaban J connectivity index is 2.95. The molecule has 9 nitrogen and oxygen atoms in total. The predicted octanol–water partition coefficient (Wildman–Crippen LogP) is 1.32. The SMILES string of the molecule is CCCCC[C@H](CN(O)C=O)C(=O)N(N)c1ncc(N(C)CC)c(F)n1. The van der Waals surface area contributed by atoms with Gasteiger partial charge >= 0.3 is 0 Å². The molecule has 0 saturated heterocycles. The molecule has 26 heavy (non-hydrogen) atoms. The van der Waals surface area contributed by atoms with Crippen molar-refractivity contribution in [1.29, 1.82) is 0 Å². The highest BCUT2D eigenvalue weighted by atomic mass is 19.1. The summed E-state index contributed by atoms with van der Waals surface area (Å²) in [6.07, 6.45) is 4.46. The number of amides is 2. The zero-order valence-corrected chi connectivity index (χ0v) is 15.4. The van der Waals surface area contributed by atoms with Gasteiger partial charge in [0.15, 0.2) is 0 Å². The Hall–Kier alpha value is -2.33. The number of carbonyl (C=O) groups is 2. The fourth-order valence-electron chi connectivity index (χ4n) is 2.39. The van der Waals surface area contributed by atoms with E-state index in [9.17, 15) is 19.2 Å². The number of unbranched alkanes of at least 4 members (excludes halogenated alkanes) is 2. The van der Waals surface area contributed by atoms with E-state index in [1.54, 1.807) is 11.9 Å². The zero-order valence-electron chi connectivity index (χ0n) is 15.4. The minimum atomic E-state index is -0.790. The second kappa shape index (κ2) is 10.6. The van der Waals surface area contributed by atoms with Gasteiger partial charge in [0.25, 0.3) is 0 Å². The van der Waals surface area contributed by atoms with Crippen LogP contribution in [0.4, 0.5) is 16.0 Å². The molecule has 0 fully saturated rings. The van der Waals surface area contributed by atoms with E-state index in [0.29, 0.717) is 23.0 Å². The maximum absolute atomic E-state index is 14.1. The lowest BCUT2D eigenvalue weighted by Crippen LogP contribution is -2.46. The highest BCUT2D eigenvalue weighted by Gasteiger charge is 2.27. The molecule has 146 valence electrons. The standard InChI is InChI=1S/C16H27FN6O3/c1-4-6-7-8-12(10-22(26)11-24)15(25)23(18)16-19-9-13(14(17)20-16)21(3)5-2/h9,11-12,26H,4-8,10,18H2,1-3H3/t12-/m1/s1. The lowest BCUT2D eigenvalue weighted by molar-refractivity contribution is -0.154. The van der Waals surface area contributed by atoms with Crippen LogP contribution in [-0.4, -0.2) is 52.7 Å². The van der Waals surface area contributed by atoms with Gasteiger partial charge in [-0.05, 0) is 13.3 Å². The van der Waals surface area contributed by atoms with Crippen molar-refractivity contribution in [1.82, 2.24) is 15.0 Å². The van der Waals surface area contributed by atoms with Crippen molar-refractivity contribution in [3.63, 3.8) is 0 Å². The molecule has 1 atom stereocenters. The molecule has 0 aromatic carbocycles. The summed E-state index contributed by atoms with van der Waals surface area (Å²) in [5, 5.41) is 10.5. The van der Waals surface area contributed by atoms with E-state index in [1.807, 2.05) is 13.8 Å². The third-order valence-electron chi connectivity index (χ3n) is 4.08. The van der Waals surface area contributed by atoms with Crippen LogP contribution in [0.1, 0.15) is 39.5 Å². The van der Waals surface area contributed by atoms with Crippen LogP contribution in [0.3, 0.4) is 0 Å². The molecule has 0 bridgehead atoms. The lowest BCUT2D eigenvalue weighted by Gasteiger charge is -2.24. The number of hydrogen-bond donors (Lipinski definition) is 2. The number of rotatable bonds is 11. The van der Waals surface area contributed by atoms with Gasteiger partial charge in [-0.15, -0.1) is 0 Å². The van der Waals surface area contributed by atoms with Crippen molar-refractivity contribution in [2.45, 2.75) is 39.5 Å². The minimum absolute atomic E-state index is 0.194. The van der Waals surface area contributed by atoms with Gasteiger partial charge in [-0.1, -0.05) is 26.2 Å². The van der Waals surface area contributed by atoms with E-state index < -0.39 is 17.8 Å². The Morgan fingerprint density at radius 2 is 2.12 bits per heavy atom.